The topological polar surface area (TPSA) is 128 Å². The lowest BCUT2D eigenvalue weighted by atomic mass is 9.92. The molecule has 0 heterocycles. The molecule has 0 saturated heterocycles. The van der Waals surface area contributed by atoms with E-state index in [4.69, 9.17) is 22.9 Å². The Kier molecular flexibility index (Phi) is 13.2. The van der Waals surface area contributed by atoms with Crippen molar-refractivity contribution in [2.75, 3.05) is 39.3 Å². The average Bonchev–Trinajstić information content (AvgIpc) is 2.80. The number of nitrogens with one attached hydrogen (secondary N) is 2. The van der Waals surface area contributed by atoms with Crippen molar-refractivity contribution in [3.05, 3.63) is 59.4 Å². The maximum Gasteiger partial charge on any atom is 0.123 e. The van der Waals surface area contributed by atoms with Gasteiger partial charge in [0.05, 0.1) is 0 Å². The highest BCUT2D eigenvalue weighted by Gasteiger charge is 2.14. The van der Waals surface area contributed by atoms with E-state index >= 15 is 0 Å². The second-order valence-corrected chi connectivity index (χ2v) is 8.69. The van der Waals surface area contributed by atoms with E-state index in [0.29, 0.717) is 38.3 Å². The second kappa shape index (κ2) is 15.9. The molecular weight excluding hydrogens is 415 g/mol. The molecule has 0 aliphatic carbocycles. The summed E-state index contributed by atoms with van der Waals surface area (Å²) in [6.45, 7) is 4.38. The van der Waals surface area contributed by atoms with Crippen LogP contribution in [0.4, 0.5) is 4.39 Å². The molecule has 2 aromatic rings. The van der Waals surface area contributed by atoms with Gasteiger partial charge < -0.3 is 33.6 Å². The number of halogens is 1. The van der Waals surface area contributed by atoms with Gasteiger partial charge in [0.15, 0.2) is 0 Å². The Morgan fingerprint density at radius 2 is 1.12 bits per heavy atom. The van der Waals surface area contributed by atoms with Crippen LogP contribution in [0.15, 0.2) is 42.5 Å². The predicted molar refractivity (Wildman–Crippen MR) is 138 cm³/mol. The number of hydrogen-bond donors (Lipinski definition) is 6. The fourth-order valence-corrected chi connectivity index (χ4v) is 4.15. The fourth-order valence-electron chi connectivity index (χ4n) is 4.15. The molecule has 0 saturated carbocycles. The molecule has 0 spiro atoms. The Hall–Kier alpha value is -1.87. The molecule has 2 unspecified atom stereocenters. The minimum absolute atomic E-state index is 0.227. The van der Waals surface area contributed by atoms with E-state index in [-0.39, 0.29) is 5.82 Å². The first kappa shape index (κ1) is 27.4. The fraction of sp³-hybridized carbons (Fsp3) is 0.538. The summed E-state index contributed by atoms with van der Waals surface area (Å²) < 4.78 is 13.5. The van der Waals surface area contributed by atoms with Crippen LogP contribution in [0.2, 0.25) is 0 Å². The van der Waals surface area contributed by atoms with Gasteiger partial charge in [0, 0.05) is 12.1 Å². The highest BCUT2D eigenvalue weighted by Crippen LogP contribution is 2.25. The quantitative estimate of drug-likeness (QED) is 0.201. The number of nitrogens with two attached hydrogens (primary N) is 4. The summed E-state index contributed by atoms with van der Waals surface area (Å²) in [7, 11) is 0. The third-order valence-electron chi connectivity index (χ3n) is 5.85. The zero-order valence-corrected chi connectivity index (χ0v) is 19.9. The minimum Gasteiger partial charge on any atom is -0.330 e. The molecular formula is C26H43FN6. The largest absolute Gasteiger partial charge is 0.330 e. The molecule has 0 bridgehead atoms. The van der Waals surface area contributed by atoms with Crippen molar-refractivity contribution < 1.29 is 4.39 Å². The summed E-state index contributed by atoms with van der Waals surface area (Å²) in [5.41, 5.74) is 27.7. The lowest BCUT2D eigenvalue weighted by Gasteiger charge is -2.21. The average molecular weight is 459 g/mol. The Balaban J connectivity index is 2.29. The molecule has 0 radical (unpaired) electrons. The molecule has 10 N–H and O–H groups in total. The molecule has 0 fully saturated rings. The van der Waals surface area contributed by atoms with Gasteiger partial charge in [-0.2, -0.15) is 0 Å². The number of hydrogen-bond acceptors (Lipinski definition) is 6. The first-order valence-corrected chi connectivity index (χ1v) is 12.2. The van der Waals surface area contributed by atoms with Crippen molar-refractivity contribution in [3.63, 3.8) is 0 Å². The highest BCUT2D eigenvalue weighted by atomic mass is 19.1. The zero-order chi connectivity index (χ0) is 23.9. The van der Waals surface area contributed by atoms with Gasteiger partial charge in [-0.3, -0.25) is 0 Å². The normalized spacial score (nSPS) is 13.2. The van der Waals surface area contributed by atoms with E-state index < -0.39 is 0 Å². The number of benzene rings is 2. The summed E-state index contributed by atoms with van der Waals surface area (Å²) in [5, 5.41) is 7.20. The summed E-state index contributed by atoms with van der Waals surface area (Å²) in [4.78, 5) is 0. The van der Waals surface area contributed by atoms with Crippen LogP contribution in [0.3, 0.4) is 0 Å². The van der Waals surface area contributed by atoms with E-state index in [1.54, 1.807) is 0 Å². The van der Waals surface area contributed by atoms with Gasteiger partial charge in [-0.05, 0) is 112 Å². The Morgan fingerprint density at radius 1 is 0.636 bits per heavy atom. The van der Waals surface area contributed by atoms with E-state index in [9.17, 15) is 4.39 Å². The van der Waals surface area contributed by atoms with Crippen LogP contribution < -0.4 is 33.6 Å². The van der Waals surface area contributed by atoms with E-state index in [1.807, 2.05) is 12.1 Å². The van der Waals surface area contributed by atoms with Crippen LogP contribution in [-0.2, 0) is 12.8 Å². The van der Waals surface area contributed by atoms with Crippen molar-refractivity contribution in [1.82, 2.24) is 10.6 Å². The van der Waals surface area contributed by atoms with Gasteiger partial charge in [0.25, 0.3) is 0 Å². The predicted octanol–water partition coefficient (Wildman–Crippen LogP) is 1.89. The van der Waals surface area contributed by atoms with Crippen LogP contribution in [0.25, 0.3) is 11.1 Å². The Labute approximate surface area is 198 Å². The molecule has 0 aliphatic rings. The van der Waals surface area contributed by atoms with Gasteiger partial charge in [-0.15, -0.1) is 0 Å². The van der Waals surface area contributed by atoms with Crippen molar-refractivity contribution >= 4 is 0 Å². The monoisotopic (exact) mass is 458 g/mol. The van der Waals surface area contributed by atoms with Crippen molar-refractivity contribution in [2.45, 2.75) is 50.6 Å². The zero-order valence-electron chi connectivity index (χ0n) is 19.9. The van der Waals surface area contributed by atoms with Crippen LogP contribution in [0.5, 0.6) is 0 Å². The van der Waals surface area contributed by atoms with Gasteiger partial charge in [-0.1, -0.05) is 30.3 Å². The van der Waals surface area contributed by atoms with Crippen molar-refractivity contribution in [1.29, 1.82) is 0 Å². The molecule has 2 atom stereocenters. The standard InChI is InChI=1S/C26H43FN6/c27-24-5-3-22(4-6-24)23-16-20(18-25(7-11-30)32-13-1-9-28)15-21(17-23)19-26(8-12-31)33-14-2-10-29/h3-6,15-17,25-26,32-33H,1-2,7-14,18-19,28-31H2. The Morgan fingerprint density at radius 3 is 1.55 bits per heavy atom. The SMILES string of the molecule is NCCCNC(CCN)Cc1cc(CC(CCN)NCCCN)cc(-c2ccc(F)cc2)c1. The molecule has 0 amide bonds. The molecule has 6 nitrogen and oxygen atoms in total. The van der Waals surface area contributed by atoms with E-state index in [0.717, 1.165) is 62.7 Å². The summed E-state index contributed by atoms with van der Waals surface area (Å²) >= 11 is 0. The van der Waals surface area contributed by atoms with Gasteiger partial charge in [-0.25, -0.2) is 4.39 Å². The van der Waals surface area contributed by atoms with Gasteiger partial charge in [0.2, 0.25) is 0 Å². The molecule has 2 aromatic carbocycles. The molecule has 7 heteroatoms. The van der Waals surface area contributed by atoms with Gasteiger partial charge in [0.1, 0.15) is 5.82 Å². The maximum absolute atomic E-state index is 13.5. The third-order valence-corrected chi connectivity index (χ3v) is 5.85. The first-order chi connectivity index (χ1) is 16.1. The van der Waals surface area contributed by atoms with Crippen LogP contribution in [0.1, 0.15) is 36.8 Å². The summed E-state index contributed by atoms with van der Waals surface area (Å²) in [5.74, 6) is -0.227. The van der Waals surface area contributed by atoms with E-state index in [1.165, 1.54) is 23.3 Å². The third kappa shape index (κ3) is 10.3. The van der Waals surface area contributed by atoms with Crippen molar-refractivity contribution in [2.24, 2.45) is 22.9 Å². The molecule has 184 valence electrons. The van der Waals surface area contributed by atoms with Crippen LogP contribution in [-0.4, -0.2) is 51.4 Å². The molecule has 0 aromatic heterocycles. The smallest absolute Gasteiger partial charge is 0.123 e. The minimum atomic E-state index is -0.227. The molecule has 2 rings (SSSR count). The first-order valence-electron chi connectivity index (χ1n) is 12.2. The van der Waals surface area contributed by atoms with Crippen molar-refractivity contribution in [3.8, 4) is 11.1 Å². The summed E-state index contributed by atoms with van der Waals surface area (Å²) in [6.07, 6.45) is 5.44. The van der Waals surface area contributed by atoms with Gasteiger partial charge >= 0.3 is 0 Å². The second-order valence-electron chi connectivity index (χ2n) is 8.69. The highest BCUT2D eigenvalue weighted by molar-refractivity contribution is 5.65. The van der Waals surface area contributed by atoms with E-state index in [2.05, 4.69) is 28.8 Å². The Bertz CT molecular complexity index is 743. The maximum atomic E-state index is 13.5. The lowest BCUT2D eigenvalue weighted by molar-refractivity contribution is 0.475. The number of rotatable bonds is 17. The molecule has 33 heavy (non-hydrogen) atoms. The van der Waals surface area contributed by atoms with Crippen LogP contribution >= 0.6 is 0 Å². The van der Waals surface area contributed by atoms with Crippen LogP contribution in [0, 0.1) is 5.82 Å². The summed E-state index contributed by atoms with van der Waals surface area (Å²) in [6, 6.07) is 14.0. The lowest BCUT2D eigenvalue weighted by Crippen LogP contribution is -2.35. The molecule has 0 aliphatic heterocycles.